The van der Waals surface area contributed by atoms with Gasteiger partial charge in [0.2, 0.25) is 11.8 Å². The Morgan fingerprint density at radius 2 is 1.95 bits per heavy atom. The summed E-state index contributed by atoms with van der Waals surface area (Å²) in [5, 5.41) is 12.4. The Labute approximate surface area is 120 Å². The minimum atomic E-state index is -0.156. The highest BCUT2D eigenvalue weighted by Gasteiger charge is 2.22. The molecule has 1 saturated heterocycles. The Bertz CT molecular complexity index is 338. The smallest absolute Gasteiger partial charge is 0.239 e. The van der Waals surface area contributed by atoms with Gasteiger partial charge in [0.15, 0.2) is 0 Å². The molecule has 0 aromatic rings. The van der Waals surface area contributed by atoms with E-state index in [1.165, 1.54) is 0 Å². The Morgan fingerprint density at radius 3 is 2.70 bits per heavy atom. The largest absolute Gasteiger partial charge is 0.393 e. The third-order valence-electron chi connectivity index (χ3n) is 4.41. The first-order chi connectivity index (χ1) is 9.65. The van der Waals surface area contributed by atoms with Gasteiger partial charge in [0.1, 0.15) is 0 Å². The normalized spacial score (nSPS) is 28.1. The highest BCUT2D eigenvalue weighted by molar-refractivity contribution is 5.84. The fourth-order valence-electron chi connectivity index (χ4n) is 3.04. The minimum absolute atomic E-state index is 0.0497. The number of nitrogens with zero attached hydrogens (tertiary/aromatic N) is 1. The summed E-state index contributed by atoms with van der Waals surface area (Å²) in [7, 11) is 0. The van der Waals surface area contributed by atoms with Gasteiger partial charge in [-0.1, -0.05) is 6.42 Å². The number of rotatable bonds is 4. The zero-order valence-corrected chi connectivity index (χ0v) is 12.1. The van der Waals surface area contributed by atoms with Crippen LogP contribution >= 0.6 is 0 Å². The van der Waals surface area contributed by atoms with Gasteiger partial charge in [-0.05, 0) is 44.4 Å². The summed E-state index contributed by atoms with van der Waals surface area (Å²) in [4.78, 5) is 25.4. The molecular formula is C15H26N2O3. The predicted octanol–water partition coefficient (Wildman–Crippen LogP) is 1.06. The Hall–Kier alpha value is -1.10. The van der Waals surface area contributed by atoms with Crippen molar-refractivity contribution in [3.8, 4) is 0 Å². The molecule has 0 aromatic carbocycles. The van der Waals surface area contributed by atoms with E-state index in [2.05, 4.69) is 5.32 Å². The Kier molecular flexibility index (Phi) is 5.83. The first kappa shape index (κ1) is 15.3. The maximum atomic E-state index is 11.9. The van der Waals surface area contributed by atoms with E-state index in [0.29, 0.717) is 25.4 Å². The standard InChI is InChI=1S/C15H26N2O3/c18-13-7-5-12(6-8-13)10-16-14(19)11-17-9-3-1-2-4-15(17)20/h12-13,18H,1-11H2,(H,16,19). The van der Waals surface area contributed by atoms with Crippen LogP contribution in [0, 0.1) is 5.92 Å². The van der Waals surface area contributed by atoms with Crippen molar-refractivity contribution < 1.29 is 14.7 Å². The molecule has 0 aromatic heterocycles. The molecule has 0 bridgehead atoms. The van der Waals surface area contributed by atoms with Crippen LogP contribution in [0.15, 0.2) is 0 Å². The number of aliphatic hydroxyl groups excluding tert-OH is 1. The van der Waals surface area contributed by atoms with E-state index in [-0.39, 0.29) is 24.5 Å². The van der Waals surface area contributed by atoms with Crippen molar-refractivity contribution >= 4 is 11.8 Å². The maximum Gasteiger partial charge on any atom is 0.239 e. The van der Waals surface area contributed by atoms with Gasteiger partial charge in [0, 0.05) is 19.5 Å². The summed E-state index contributed by atoms with van der Waals surface area (Å²) in [5.41, 5.74) is 0. The van der Waals surface area contributed by atoms with Crippen molar-refractivity contribution in [3.05, 3.63) is 0 Å². The number of nitrogens with one attached hydrogen (secondary N) is 1. The molecule has 1 aliphatic heterocycles. The molecule has 5 heteroatoms. The van der Waals surface area contributed by atoms with Gasteiger partial charge >= 0.3 is 0 Å². The van der Waals surface area contributed by atoms with Crippen molar-refractivity contribution in [2.75, 3.05) is 19.6 Å². The van der Waals surface area contributed by atoms with E-state index < -0.39 is 0 Å². The van der Waals surface area contributed by atoms with E-state index in [1.807, 2.05) is 0 Å². The maximum absolute atomic E-state index is 11.9. The van der Waals surface area contributed by atoms with Crippen LogP contribution in [0.4, 0.5) is 0 Å². The van der Waals surface area contributed by atoms with Crippen LogP contribution < -0.4 is 5.32 Å². The first-order valence-corrected chi connectivity index (χ1v) is 7.87. The lowest BCUT2D eigenvalue weighted by Crippen LogP contribution is -2.42. The lowest BCUT2D eigenvalue weighted by Gasteiger charge is -2.26. The van der Waals surface area contributed by atoms with Crippen LogP contribution in [-0.2, 0) is 9.59 Å². The van der Waals surface area contributed by atoms with Crippen LogP contribution in [-0.4, -0.2) is 47.6 Å². The van der Waals surface area contributed by atoms with Crippen LogP contribution in [0.25, 0.3) is 0 Å². The summed E-state index contributed by atoms with van der Waals surface area (Å²) in [6, 6.07) is 0. The van der Waals surface area contributed by atoms with Crippen molar-refractivity contribution in [3.63, 3.8) is 0 Å². The summed E-state index contributed by atoms with van der Waals surface area (Å²) < 4.78 is 0. The molecule has 2 aliphatic rings. The van der Waals surface area contributed by atoms with Gasteiger partial charge in [-0.3, -0.25) is 9.59 Å². The second-order valence-electron chi connectivity index (χ2n) is 6.10. The van der Waals surface area contributed by atoms with E-state index in [4.69, 9.17) is 0 Å². The fraction of sp³-hybridized carbons (Fsp3) is 0.867. The van der Waals surface area contributed by atoms with Crippen molar-refractivity contribution in [2.24, 2.45) is 5.92 Å². The molecule has 0 radical (unpaired) electrons. The molecule has 1 aliphatic carbocycles. The molecule has 2 fully saturated rings. The average molecular weight is 282 g/mol. The van der Waals surface area contributed by atoms with Crippen LogP contribution in [0.1, 0.15) is 51.4 Å². The highest BCUT2D eigenvalue weighted by atomic mass is 16.3. The summed E-state index contributed by atoms with van der Waals surface area (Å²) >= 11 is 0. The van der Waals surface area contributed by atoms with Gasteiger partial charge in [-0.2, -0.15) is 0 Å². The number of hydrogen-bond acceptors (Lipinski definition) is 3. The molecule has 0 spiro atoms. The molecule has 1 heterocycles. The number of likely N-dealkylation sites (tertiary alicyclic amines) is 1. The summed E-state index contributed by atoms with van der Waals surface area (Å²) in [6.45, 7) is 1.59. The third-order valence-corrected chi connectivity index (χ3v) is 4.41. The second kappa shape index (κ2) is 7.62. The quantitative estimate of drug-likeness (QED) is 0.810. The van der Waals surface area contributed by atoms with Gasteiger partial charge < -0.3 is 15.3 Å². The Morgan fingerprint density at radius 1 is 1.20 bits per heavy atom. The number of carbonyl (C=O) groups is 2. The predicted molar refractivity (Wildman–Crippen MR) is 76.0 cm³/mol. The molecule has 114 valence electrons. The van der Waals surface area contributed by atoms with Crippen molar-refractivity contribution in [2.45, 2.75) is 57.5 Å². The third kappa shape index (κ3) is 4.78. The molecular weight excluding hydrogens is 256 g/mol. The van der Waals surface area contributed by atoms with Crippen LogP contribution in [0.5, 0.6) is 0 Å². The van der Waals surface area contributed by atoms with Gasteiger partial charge in [-0.25, -0.2) is 0 Å². The fourth-order valence-corrected chi connectivity index (χ4v) is 3.04. The number of carbonyl (C=O) groups excluding carboxylic acids is 2. The van der Waals surface area contributed by atoms with E-state index >= 15 is 0 Å². The van der Waals surface area contributed by atoms with Gasteiger partial charge in [0.25, 0.3) is 0 Å². The zero-order valence-electron chi connectivity index (χ0n) is 12.1. The molecule has 2 amide bonds. The summed E-state index contributed by atoms with van der Waals surface area (Å²) in [5.74, 6) is 0.534. The van der Waals surface area contributed by atoms with Crippen molar-refractivity contribution in [1.82, 2.24) is 10.2 Å². The molecule has 20 heavy (non-hydrogen) atoms. The van der Waals surface area contributed by atoms with E-state index in [9.17, 15) is 14.7 Å². The molecule has 2 N–H and O–H groups in total. The van der Waals surface area contributed by atoms with Crippen molar-refractivity contribution in [1.29, 1.82) is 0 Å². The molecule has 5 nitrogen and oxygen atoms in total. The summed E-state index contributed by atoms with van der Waals surface area (Å²) in [6.07, 6.45) is 7.07. The average Bonchev–Trinajstić information content (AvgIpc) is 2.64. The SMILES string of the molecule is O=C(CN1CCCCCC1=O)NCC1CCC(O)CC1. The van der Waals surface area contributed by atoms with Crippen LogP contribution in [0.2, 0.25) is 0 Å². The number of amides is 2. The molecule has 2 rings (SSSR count). The van der Waals surface area contributed by atoms with E-state index in [0.717, 1.165) is 44.9 Å². The van der Waals surface area contributed by atoms with Gasteiger partial charge in [0.05, 0.1) is 12.6 Å². The number of hydrogen-bond donors (Lipinski definition) is 2. The molecule has 0 unspecified atom stereocenters. The zero-order chi connectivity index (χ0) is 14.4. The van der Waals surface area contributed by atoms with Crippen LogP contribution in [0.3, 0.4) is 0 Å². The second-order valence-corrected chi connectivity index (χ2v) is 6.10. The topological polar surface area (TPSA) is 69.6 Å². The van der Waals surface area contributed by atoms with E-state index in [1.54, 1.807) is 4.90 Å². The first-order valence-electron chi connectivity index (χ1n) is 7.87. The Balaban J connectivity index is 1.68. The minimum Gasteiger partial charge on any atom is -0.393 e. The highest BCUT2D eigenvalue weighted by Crippen LogP contribution is 2.23. The monoisotopic (exact) mass is 282 g/mol. The number of aliphatic hydroxyl groups is 1. The molecule has 1 saturated carbocycles. The lowest BCUT2D eigenvalue weighted by molar-refractivity contribution is -0.135. The molecule has 0 atom stereocenters. The lowest BCUT2D eigenvalue weighted by atomic mass is 9.87. The van der Waals surface area contributed by atoms with Gasteiger partial charge in [-0.15, -0.1) is 0 Å².